The normalized spacial score (nSPS) is 12.8. The van der Waals surface area contributed by atoms with Crippen molar-refractivity contribution in [3.63, 3.8) is 0 Å². The van der Waals surface area contributed by atoms with Gasteiger partial charge in [-0.05, 0) is 100 Å². The molecule has 1 aliphatic rings. The highest BCUT2D eigenvalue weighted by atomic mass is 16.6. The summed E-state index contributed by atoms with van der Waals surface area (Å²) >= 11 is 0. The van der Waals surface area contributed by atoms with Gasteiger partial charge in [-0.25, -0.2) is 4.79 Å². The van der Waals surface area contributed by atoms with Gasteiger partial charge >= 0.3 is 35.8 Å². The molecule has 0 bridgehead atoms. The van der Waals surface area contributed by atoms with Crippen molar-refractivity contribution in [1.82, 2.24) is 0 Å². The Morgan fingerprint density at radius 3 is 1.54 bits per heavy atom. The molecule has 2 aromatic carbocycles. The summed E-state index contributed by atoms with van der Waals surface area (Å²) in [7, 11) is 2.96. The lowest BCUT2D eigenvalue weighted by atomic mass is 9.94. The molecule has 0 aliphatic carbocycles. The van der Waals surface area contributed by atoms with Crippen LogP contribution < -0.4 is 14.2 Å². The van der Waals surface area contributed by atoms with Gasteiger partial charge in [-0.1, -0.05) is 213 Å². The lowest BCUT2D eigenvalue weighted by molar-refractivity contribution is -0.167. The van der Waals surface area contributed by atoms with Crippen molar-refractivity contribution in [1.29, 1.82) is 0 Å². The second-order valence-electron chi connectivity index (χ2n) is 25.0. The summed E-state index contributed by atoms with van der Waals surface area (Å²) in [6, 6.07) is 3.83. The molecule has 0 saturated carbocycles. The number of carbonyl (C=O) groups excluding carboxylic acids is 6. The average molecular weight is 1220 g/mol. The summed E-state index contributed by atoms with van der Waals surface area (Å²) in [6.45, 7) is 15.9. The number of ether oxygens (including phenoxy) is 8. The predicted octanol–water partition coefficient (Wildman–Crippen LogP) is 18.4. The number of aryl methyl sites for hydroxylation is 2. The van der Waals surface area contributed by atoms with Crippen LogP contribution in [0.3, 0.4) is 0 Å². The molecule has 0 spiro atoms. The van der Waals surface area contributed by atoms with Crippen molar-refractivity contribution in [3.05, 3.63) is 62.7 Å². The fourth-order valence-corrected chi connectivity index (χ4v) is 11.5. The number of carbonyl (C=O) groups is 6. The minimum absolute atomic E-state index is 0.0101. The maximum atomic E-state index is 13.5. The van der Waals surface area contributed by atoms with Crippen molar-refractivity contribution in [2.24, 2.45) is 11.8 Å². The Morgan fingerprint density at radius 2 is 1.06 bits per heavy atom. The Morgan fingerprint density at radius 1 is 0.575 bits per heavy atom. The van der Waals surface area contributed by atoms with Gasteiger partial charge in [0.2, 0.25) is 0 Å². The number of hydrogen-bond donors (Lipinski definition) is 0. The molecule has 14 heteroatoms. The first-order chi connectivity index (χ1) is 42.0. The fourth-order valence-electron chi connectivity index (χ4n) is 11.5. The first-order valence-corrected chi connectivity index (χ1v) is 34.1. The number of cyclic esters (lactones) is 1. The molecule has 0 N–H and O–H groups in total. The van der Waals surface area contributed by atoms with Gasteiger partial charge in [0.15, 0.2) is 6.10 Å². The Labute approximate surface area is 525 Å². The fraction of sp³-hybridized carbons (Fsp3) is 0.726. The number of allylic oxidation sites excluding steroid dienone is 2. The van der Waals surface area contributed by atoms with Crippen LogP contribution in [-0.2, 0) is 67.3 Å². The molecule has 2 unspecified atom stereocenters. The van der Waals surface area contributed by atoms with E-state index in [4.69, 9.17) is 37.9 Å². The predicted molar refractivity (Wildman–Crippen MR) is 345 cm³/mol. The average Bonchev–Trinajstić information content (AvgIpc) is 1.89. The molecule has 0 saturated heterocycles. The molecule has 0 aromatic heterocycles. The van der Waals surface area contributed by atoms with Gasteiger partial charge in [-0.2, -0.15) is 0 Å². The molecule has 492 valence electrons. The van der Waals surface area contributed by atoms with Crippen LogP contribution in [0.15, 0.2) is 23.8 Å². The van der Waals surface area contributed by atoms with Crippen LogP contribution in [0.25, 0.3) is 0 Å². The maximum absolute atomic E-state index is 13.5. The number of esters is 6. The topological polar surface area (TPSA) is 176 Å². The zero-order valence-electron chi connectivity index (χ0n) is 56.0. The van der Waals surface area contributed by atoms with E-state index in [1.807, 2.05) is 59.8 Å². The molecule has 1 heterocycles. The number of hydrogen-bond acceptors (Lipinski definition) is 14. The number of methoxy groups -OCH3 is 2. The molecule has 1 aliphatic heterocycles. The SMILES string of the molecule is CCCCCCCCCCCCCCCC(=O)OCC(COC(=O)CCCCCCCCCCCCCCC)OC(=O)CC(C)CCCCC(C)C(=O)Oc1c(C)cc(COc2c(C/C=C(\C)CCC(=O)OC)c(OC)c(C)c3c2C(=O)OC3)cc1C. The Balaban J connectivity index is 1.47. The van der Waals surface area contributed by atoms with Gasteiger partial charge in [0.25, 0.3) is 0 Å². The van der Waals surface area contributed by atoms with E-state index in [9.17, 15) is 28.8 Å². The van der Waals surface area contributed by atoms with Crippen LogP contribution in [0.4, 0.5) is 0 Å². The highest BCUT2D eigenvalue weighted by molar-refractivity contribution is 5.98. The smallest absolute Gasteiger partial charge is 0.342 e. The van der Waals surface area contributed by atoms with Crippen LogP contribution in [-0.4, -0.2) is 69.4 Å². The van der Waals surface area contributed by atoms with E-state index < -0.39 is 18.0 Å². The third-order valence-electron chi connectivity index (χ3n) is 17.0. The van der Waals surface area contributed by atoms with Crippen molar-refractivity contribution in [3.8, 4) is 17.2 Å². The van der Waals surface area contributed by atoms with Crippen LogP contribution in [0.2, 0.25) is 0 Å². The van der Waals surface area contributed by atoms with E-state index in [2.05, 4.69) is 13.8 Å². The number of unbranched alkanes of at least 4 members (excludes halogenated alkanes) is 25. The van der Waals surface area contributed by atoms with Gasteiger partial charge in [0.1, 0.15) is 49.2 Å². The number of fused-ring (bicyclic) bond motifs is 1. The second-order valence-corrected chi connectivity index (χ2v) is 25.0. The molecule has 14 nitrogen and oxygen atoms in total. The van der Waals surface area contributed by atoms with E-state index >= 15 is 0 Å². The standard InChI is InChI=1S/C73H116O14/c1-11-13-15-17-19-21-23-25-27-29-31-33-35-41-65(75)82-51-61(52-83-66(76)42-36-34-32-30-28-26-24-22-20-18-16-14-12-2)86-67(77)47-55(4)39-37-38-40-56(5)72(78)87-69-57(6)48-60(49-58(69)7)50-84-71-62(45-43-54(3)44-46-64(74)80-9)70(81-10)59(8)63-53-85-73(79)68(63)71/h43,48-49,55-56,61H,11-42,44-47,50-53H2,1-10H3/b54-43+. The molecule has 87 heavy (non-hydrogen) atoms. The summed E-state index contributed by atoms with van der Waals surface area (Å²) in [6.07, 6.45) is 37.6. The monoisotopic (exact) mass is 1220 g/mol. The van der Waals surface area contributed by atoms with Gasteiger partial charge in [0.05, 0.1) is 20.1 Å². The molecule has 0 fully saturated rings. The minimum atomic E-state index is -0.894. The van der Waals surface area contributed by atoms with Crippen molar-refractivity contribution in [2.75, 3.05) is 27.4 Å². The molecule has 0 amide bonds. The second kappa shape index (κ2) is 45.8. The van der Waals surface area contributed by atoms with Gasteiger partial charge in [0, 0.05) is 36.8 Å². The van der Waals surface area contributed by atoms with E-state index in [1.54, 1.807) is 7.11 Å². The zero-order chi connectivity index (χ0) is 63.6. The molecular weight excluding hydrogens is 1100 g/mol. The van der Waals surface area contributed by atoms with Gasteiger partial charge in [-0.3, -0.25) is 24.0 Å². The lowest BCUT2D eigenvalue weighted by Gasteiger charge is -2.20. The van der Waals surface area contributed by atoms with Gasteiger partial charge < -0.3 is 37.9 Å². The largest absolute Gasteiger partial charge is 0.496 e. The highest BCUT2D eigenvalue weighted by Gasteiger charge is 2.33. The van der Waals surface area contributed by atoms with Gasteiger partial charge in [-0.15, -0.1) is 0 Å². The zero-order valence-corrected chi connectivity index (χ0v) is 56.0. The summed E-state index contributed by atoms with van der Waals surface area (Å²) in [5.74, 6) is -1.08. The Hall–Kier alpha value is -5.40. The molecule has 0 radical (unpaired) electrons. The number of rotatable bonds is 51. The third kappa shape index (κ3) is 31.6. The third-order valence-corrected chi connectivity index (χ3v) is 17.0. The molecule has 2 aromatic rings. The minimum Gasteiger partial charge on any atom is -0.496 e. The van der Waals surface area contributed by atoms with Crippen molar-refractivity contribution >= 4 is 35.8 Å². The summed E-state index contributed by atoms with van der Waals surface area (Å²) in [4.78, 5) is 77.5. The first-order valence-electron chi connectivity index (χ1n) is 34.1. The van der Waals surface area contributed by atoms with E-state index in [0.717, 1.165) is 91.2 Å². The quantitative estimate of drug-likeness (QED) is 0.0201. The summed E-state index contributed by atoms with van der Waals surface area (Å²) in [5.41, 5.74) is 5.95. The van der Waals surface area contributed by atoms with E-state index in [0.29, 0.717) is 60.5 Å². The molecular formula is C73H116O14. The number of benzene rings is 2. The van der Waals surface area contributed by atoms with E-state index in [1.165, 1.54) is 136 Å². The van der Waals surface area contributed by atoms with Crippen molar-refractivity contribution in [2.45, 2.75) is 306 Å². The van der Waals surface area contributed by atoms with Crippen LogP contribution in [0.5, 0.6) is 17.2 Å². The Bertz CT molecular complexity index is 2300. The maximum Gasteiger partial charge on any atom is 0.342 e. The summed E-state index contributed by atoms with van der Waals surface area (Å²) < 4.78 is 45.8. The summed E-state index contributed by atoms with van der Waals surface area (Å²) in [5, 5.41) is 0. The first kappa shape index (κ1) is 75.8. The highest BCUT2D eigenvalue weighted by Crippen LogP contribution is 2.43. The van der Waals surface area contributed by atoms with Crippen LogP contribution in [0, 0.1) is 32.6 Å². The van der Waals surface area contributed by atoms with Crippen LogP contribution >= 0.6 is 0 Å². The molecule has 2 atom stereocenters. The Kier molecular flexibility index (Phi) is 39.9. The lowest BCUT2D eigenvalue weighted by Crippen LogP contribution is -2.31. The molecule has 3 rings (SSSR count). The van der Waals surface area contributed by atoms with E-state index in [-0.39, 0.29) is 75.0 Å². The van der Waals surface area contributed by atoms with Crippen molar-refractivity contribution < 1.29 is 66.7 Å². The van der Waals surface area contributed by atoms with Crippen LogP contribution in [0.1, 0.15) is 303 Å².